The molecule has 0 saturated heterocycles. The van der Waals surface area contributed by atoms with Gasteiger partial charge in [0.05, 0.1) is 12.8 Å². The van der Waals surface area contributed by atoms with Crippen LogP contribution >= 0.6 is 0 Å². The van der Waals surface area contributed by atoms with Gasteiger partial charge in [-0.3, -0.25) is 0 Å². The lowest BCUT2D eigenvalue weighted by molar-refractivity contribution is 0.292. The van der Waals surface area contributed by atoms with Gasteiger partial charge in [0.1, 0.15) is 12.4 Å². The molecule has 144 valence electrons. The molecule has 0 atom stereocenters. The molecule has 0 aliphatic rings. The zero-order valence-electron chi connectivity index (χ0n) is 16.6. The van der Waals surface area contributed by atoms with Gasteiger partial charge in [-0.2, -0.15) is 0 Å². The van der Waals surface area contributed by atoms with Crippen LogP contribution in [0.2, 0.25) is 0 Å². The fourth-order valence-corrected chi connectivity index (χ4v) is 3.28. The first-order chi connectivity index (χ1) is 14.2. The van der Waals surface area contributed by atoms with E-state index in [1.807, 2.05) is 48.5 Å². The van der Waals surface area contributed by atoms with E-state index in [1.54, 1.807) is 7.11 Å². The van der Waals surface area contributed by atoms with Crippen molar-refractivity contribution in [1.29, 1.82) is 0 Å². The minimum Gasteiger partial charge on any atom is -0.497 e. The van der Waals surface area contributed by atoms with Gasteiger partial charge >= 0.3 is 0 Å². The number of aromatic nitrogens is 1. The second-order valence-corrected chi connectivity index (χ2v) is 6.85. The number of benzene rings is 3. The molecule has 3 aromatic carbocycles. The molecule has 1 aromatic heterocycles. The van der Waals surface area contributed by atoms with Gasteiger partial charge < -0.3 is 9.47 Å². The third-order valence-corrected chi connectivity index (χ3v) is 4.92. The molecule has 0 spiro atoms. The summed E-state index contributed by atoms with van der Waals surface area (Å²) in [5.41, 5.74) is 6.30. The van der Waals surface area contributed by atoms with Crippen molar-refractivity contribution in [3.63, 3.8) is 0 Å². The number of pyridine rings is 1. The lowest BCUT2D eigenvalue weighted by atomic mass is 9.99. The Labute approximate surface area is 171 Å². The minimum atomic E-state index is 0.481. The molecule has 3 nitrogen and oxygen atoms in total. The number of rotatable bonds is 6. The van der Waals surface area contributed by atoms with Crippen molar-refractivity contribution in [2.45, 2.75) is 13.5 Å². The van der Waals surface area contributed by atoms with Gasteiger partial charge in [-0.25, -0.2) is 4.98 Å². The largest absolute Gasteiger partial charge is 0.497 e. The van der Waals surface area contributed by atoms with Gasteiger partial charge in [0.2, 0.25) is 5.88 Å². The highest BCUT2D eigenvalue weighted by Gasteiger charge is 2.14. The number of methoxy groups -OCH3 is 1. The van der Waals surface area contributed by atoms with Crippen LogP contribution in [-0.4, -0.2) is 12.1 Å². The second-order valence-electron chi connectivity index (χ2n) is 6.85. The predicted molar refractivity (Wildman–Crippen MR) is 117 cm³/mol. The molecule has 0 saturated carbocycles. The average molecular weight is 381 g/mol. The molecular weight excluding hydrogens is 358 g/mol. The average Bonchev–Trinajstić information content (AvgIpc) is 2.80. The van der Waals surface area contributed by atoms with E-state index in [1.165, 1.54) is 0 Å². The maximum Gasteiger partial charge on any atom is 0.217 e. The van der Waals surface area contributed by atoms with Crippen LogP contribution in [0.1, 0.15) is 11.1 Å². The maximum absolute atomic E-state index is 6.16. The Kier molecular flexibility index (Phi) is 5.57. The summed E-state index contributed by atoms with van der Waals surface area (Å²) in [5, 5.41) is 0. The summed E-state index contributed by atoms with van der Waals surface area (Å²) >= 11 is 0. The fourth-order valence-electron chi connectivity index (χ4n) is 3.28. The van der Waals surface area contributed by atoms with E-state index < -0.39 is 0 Å². The molecule has 4 rings (SSSR count). The Morgan fingerprint density at radius 2 is 1.41 bits per heavy atom. The molecule has 0 radical (unpaired) electrons. The molecule has 0 unspecified atom stereocenters. The molecule has 3 heteroatoms. The Bertz CT molecular complexity index is 1070. The first-order valence-electron chi connectivity index (χ1n) is 9.63. The summed E-state index contributed by atoms with van der Waals surface area (Å²) in [6.45, 7) is 2.54. The summed E-state index contributed by atoms with van der Waals surface area (Å²) in [7, 11) is 1.68. The Hall–Kier alpha value is -3.59. The van der Waals surface area contributed by atoms with Crippen molar-refractivity contribution < 1.29 is 9.47 Å². The Morgan fingerprint density at radius 3 is 2.07 bits per heavy atom. The molecule has 0 N–H and O–H groups in total. The van der Waals surface area contributed by atoms with Gasteiger partial charge in [-0.05, 0) is 41.8 Å². The van der Waals surface area contributed by atoms with Gasteiger partial charge in [0.25, 0.3) is 0 Å². The second kappa shape index (κ2) is 8.61. The zero-order valence-corrected chi connectivity index (χ0v) is 16.6. The van der Waals surface area contributed by atoms with E-state index >= 15 is 0 Å². The van der Waals surface area contributed by atoms with Gasteiger partial charge in [0, 0.05) is 11.1 Å². The smallest absolute Gasteiger partial charge is 0.217 e. The van der Waals surface area contributed by atoms with Crippen LogP contribution in [0.5, 0.6) is 11.6 Å². The lowest BCUT2D eigenvalue weighted by Gasteiger charge is -2.15. The van der Waals surface area contributed by atoms with E-state index in [0.29, 0.717) is 12.5 Å². The van der Waals surface area contributed by atoms with Gasteiger partial charge in [-0.15, -0.1) is 0 Å². The van der Waals surface area contributed by atoms with Gasteiger partial charge in [0.15, 0.2) is 0 Å². The Morgan fingerprint density at radius 1 is 0.759 bits per heavy atom. The molecule has 0 aliphatic heterocycles. The summed E-state index contributed by atoms with van der Waals surface area (Å²) in [5.74, 6) is 1.49. The summed E-state index contributed by atoms with van der Waals surface area (Å²) in [4.78, 5) is 4.83. The number of hydrogen-bond acceptors (Lipinski definition) is 3. The van der Waals surface area contributed by atoms with Crippen molar-refractivity contribution in [3.05, 3.63) is 102 Å². The van der Waals surface area contributed by atoms with Crippen molar-refractivity contribution in [2.75, 3.05) is 7.11 Å². The topological polar surface area (TPSA) is 31.4 Å². The normalized spacial score (nSPS) is 10.6. The molecule has 0 fully saturated rings. The first-order valence-corrected chi connectivity index (χ1v) is 9.63. The molecule has 4 aromatic rings. The van der Waals surface area contributed by atoms with Crippen LogP contribution in [0.25, 0.3) is 22.4 Å². The summed E-state index contributed by atoms with van der Waals surface area (Å²) in [6.07, 6.45) is 0. The van der Waals surface area contributed by atoms with Crippen molar-refractivity contribution in [3.8, 4) is 34.0 Å². The van der Waals surface area contributed by atoms with E-state index in [2.05, 4.69) is 49.4 Å². The van der Waals surface area contributed by atoms with E-state index in [-0.39, 0.29) is 0 Å². The minimum absolute atomic E-state index is 0.481. The highest BCUT2D eigenvalue weighted by molar-refractivity contribution is 5.75. The third-order valence-electron chi connectivity index (χ3n) is 4.92. The van der Waals surface area contributed by atoms with Crippen LogP contribution in [0, 0.1) is 6.92 Å². The van der Waals surface area contributed by atoms with Crippen LogP contribution in [-0.2, 0) is 6.61 Å². The maximum atomic E-state index is 6.16. The van der Waals surface area contributed by atoms with Crippen molar-refractivity contribution in [1.82, 2.24) is 4.98 Å². The molecule has 1 heterocycles. The Balaban J connectivity index is 1.76. The van der Waals surface area contributed by atoms with Crippen molar-refractivity contribution in [2.24, 2.45) is 0 Å². The fraction of sp³-hybridized carbons (Fsp3) is 0.115. The zero-order chi connectivity index (χ0) is 20.1. The standard InChI is InChI=1S/C26H23NO2/c1-19-24(21-13-15-23(28-2)16-14-21)17-25(22-11-7-4-8-12-22)27-26(19)29-18-20-9-5-3-6-10-20/h3-17H,18H2,1-2H3. The quantitative estimate of drug-likeness (QED) is 0.392. The van der Waals surface area contributed by atoms with E-state index in [4.69, 9.17) is 14.5 Å². The monoisotopic (exact) mass is 381 g/mol. The molecular formula is C26H23NO2. The third kappa shape index (κ3) is 4.30. The molecule has 0 bridgehead atoms. The molecule has 0 aliphatic carbocycles. The lowest BCUT2D eigenvalue weighted by Crippen LogP contribution is -2.02. The number of ether oxygens (including phenoxy) is 2. The predicted octanol–water partition coefficient (Wildman–Crippen LogP) is 6.31. The van der Waals surface area contributed by atoms with Crippen LogP contribution in [0.3, 0.4) is 0 Å². The number of hydrogen-bond donors (Lipinski definition) is 0. The van der Waals surface area contributed by atoms with Crippen LogP contribution < -0.4 is 9.47 Å². The SMILES string of the molecule is COc1ccc(-c2cc(-c3ccccc3)nc(OCc3ccccc3)c2C)cc1. The van der Waals surface area contributed by atoms with Gasteiger partial charge in [-0.1, -0.05) is 72.8 Å². The van der Waals surface area contributed by atoms with E-state index in [9.17, 15) is 0 Å². The van der Waals surface area contributed by atoms with Crippen LogP contribution in [0.4, 0.5) is 0 Å². The highest BCUT2D eigenvalue weighted by atomic mass is 16.5. The molecule has 29 heavy (non-hydrogen) atoms. The van der Waals surface area contributed by atoms with Crippen LogP contribution in [0.15, 0.2) is 91.0 Å². The number of nitrogens with zero attached hydrogens (tertiary/aromatic N) is 1. The highest BCUT2D eigenvalue weighted by Crippen LogP contribution is 2.34. The van der Waals surface area contributed by atoms with Crippen molar-refractivity contribution >= 4 is 0 Å². The summed E-state index contributed by atoms with van der Waals surface area (Å²) < 4.78 is 11.5. The first kappa shape index (κ1) is 18.8. The molecule has 0 amide bonds. The summed E-state index contributed by atoms with van der Waals surface area (Å²) in [6, 6.07) is 30.5. The van der Waals surface area contributed by atoms with E-state index in [0.717, 1.165) is 39.3 Å².